The van der Waals surface area contributed by atoms with E-state index in [9.17, 15) is 4.79 Å². The van der Waals surface area contributed by atoms with Crippen LogP contribution in [0.25, 0.3) is 0 Å². The lowest BCUT2D eigenvalue weighted by Gasteiger charge is -2.14. The molecule has 4 heteroatoms. The molecule has 0 aliphatic rings. The highest BCUT2D eigenvalue weighted by Gasteiger charge is 2.25. The van der Waals surface area contributed by atoms with Crippen molar-refractivity contribution in [1.82, 2.24) is 0 Å². The largest absolute Gasteiger partial charge is 0.426 e. The average molecular weight is 278 g/mol. The van der Waals surface area contributed by atoms with Crippen LogP contribution in [-0.2, 0) is 4.79 Å². The minimum atomic E-state index is -0.674. The van der Waals surface area contributed by atoms with Gasteiger partial charge in [0.15, 0.2) is 0 Å². The second-order valence-electron chi connectivity index (χ2n) is 3.32. The molecule has 0 spiro atoms. The van der Waals surface area contributed by atoms with E-state index in [1.54, 1.807) is 38.1 Å². The number of carbonyl (C=O) groups is 1. The van der Waals surface area contributed by atoms with Gasteiger partial charge in [0.25, 0.3) is 0 Å². The second-order valence-corrected chi connectivity index (χ2v) is 5.73. The number of ether oxygens (including phenoxy) is 1. The van der Waals surface area contributed by atoms with Crippen LogP contribution >= 0.6 is 27.5 Å². The summed E-state index contributed by atoms with van der Waals surface area (Å²) >= 11 is 8.90. The molecule has 2 nitrogen and oxygen atoms in total. The quantitative estimate of drug-likeness (QED) is 0.470. The zero-order valence-corrected chi connectivity index (χ0v) is 10.2. The number of alkyl halides is 1. The molecule has 0 bridgehead atoms. The summed E-state index contributed by atoms with van der Waals surface area (Å²) in [5.74, 6) is 0.159. The van der Waals surface area contributed by atoms with Gasteiger partial charge in [-0.2, -0.15) is 0 Å². The fourth-order valence-electron chi connectivity index (χ4n) is 0.731. The second kappa shape index (κ2) is 4.32. The van der Waals surface area contributed by atoms with Crippen LogP contribution in [0.4, 0.5) is 0 Å². The Bertz CT molecular complexity index is 327. The standard InChI is InChI=1S/C10H10BrClO2/c1-10(2,11)9(13)14-8-5-3-7(12)4-6-8/h3-6H,1-2H3. The van der Waals surface area contributed by atoms with Crippen molar-refractivity contribution in [3.63, 3.8) is 0 Å². The van der Waals surface area contributed by atoms with Gasteiger partial charge in [0.05, 0.1) is 0 Å². The highest BCUT2D eigenvalue weighted by atomic mass is 79.9. The molecular formula is C10H10BrClO2. The number of benzene rings is 1. The maximum Gasteiger partial charge on any atom is 0.327 e. The lowest BCUT2D eigenvalue weighted by molar-refractivity contribution is -0.136. The van der Waals surface area contributed by atoms with Crippen molar-refractivity contribution >= 4 is 33.5 Å². The number of rotatable bonds is 2. The molecule has 0 aliphatic heterocycles. The Hall–Kier alpha value is -0.540. The average Bonchev–Trinajstić information content (AvgIpc) is 2.07. The Morgan fingerprint density at radius 2 is 1.86 bits per heavy atom. The van der Waals surface area contributed by atoms with Gasteiger partial charge in [-0.25, -0.2) is 0 Å². The lowest BCUT2D eigenvalue weighted by atomic mass is 10.2. The molecule has 1 aromatic rings. The van der Waals surface area contributed by atoms with Crippen LogP contribution in [0.5, 0.6) is 5.75 Å². The van der Waals surface area contributed by atoms with Gasteiger partial charge < -0.3 is 4.74 Å². The summed E-state index contributed by atoms with van der Waals surface area (Å²) in [5.41, 5.74) is 0. The van der Waals surface area contributed by atoms with Crippen molar-refractivity contribution in [3.8, 4) is 5.75 Å². The van der Waals surface area contributed by atoms with Crippen LogP contribution in [-0.4, -0.2) is 10.3 Å². The molecule has 0 aromatic heterocycles. The Morgan fingerprint density at radius 1 is 1.36 bits per heavy atom. The molecular weight excluding hydrogens is 267 g/mol. The molecule has 0 saturated heterocycles. The number of halogens is 2. The van der Waals surface area contributed by atoms with Gasteiger partial charge in [-0.05, 0) is 38.1 Å². The Balaban J connectivity index is 2.71. The van der Waals surface area contributed by atoms with E-state index in [0.29, 0.717) is 10.8 Å². The van der Waals surface area contributed by atoms with Crippen molar-refractivity contribution in [2.75, 3.05) is 0 Å². The summed E-state index contributed by atoms with van der Waals surface area (Å²) in [6.07, 6.45) is 0. The predicted molar refractivity (Wildman–Crippen MR) is 60.1 cm³/mol. The summed E-state index contributed by atoms with van der Waals surface area (Å²) in [7, 11) is 0. The van der Waals surface area contributed by atoms with E-state index in [1.165, 1.54) is 0 Å². The predicted octanol–water partition coefficient (Wildman–Crippen LogP) is 3.42. The molecule has 0 atom stereocenters. The molecule has 1 rings (SSSR count). The van der Waals surface area contributed by atoms with E-state index in [1.807, 2.05) is 0 Å². The number of hydrogen-bond acceptors (Lipinski definition) is 2. The molecule has 0 heterocycles. The van der Waals surface area contributed by atoms with E-state index < -0.39 is 4.32 Å². The maximum absolute atomic E-state index is 11.4. The van der Waals surface area contributed by atoms with Crippen LogP contribution in [0.3, 0.4) is 0 Å². The van der Waals surface area contributed by atoms with E-state index in [-0.39, 0.29) is 5.97 Å². The summed E-state index contributed by atoms with van der Waals surface area (Å²) in [6, 6.07) is 6.65. The SMILES string of the molecule is CC(C)(Br)C(=O)Oc1ccc(Cl)cc1. The van der Waals surface area contributed by atoms with Gasteiger partial charge in [-0.15, -0.1) is 0 Å². The Labute approximate surface area is 96.3 Å². The van der Waals surface area contributed by atoms with Crippen LogP contribution in [0.15, 0.2) is 24.3 Å². The highest BCUT2D eigenvalue weighted by Crippen LogP contribution is 2.21. The molecule has 0 saturated carbocycles. The third-order valence-electron chi connectivity index (χ3n) is 1.51. The minimum absolute atomic E-state index is 0.333. The fourth-order valence-corrected chi connectivity index (χ4v) is 0.938. The van der Waals surface area contributed by atoms with Gasteiger partial charge in [0.1, 0.15) is 10.1 Å². The highest BCUT2D eigenvalue weighted by molar-refractivity contribution is 9.10. The normalized spacial score (nSPS) is 11.1. The summed E-state index contributed by atoms with van der Waals surface area (Å²) in [6.45, 7) is 3.45. The van der Waals surface area contributed by atoms with Gasteiger partial charge >= 0.3 is 5.97 Å². The zero-order valence-electron chi connectivity index (χ0n) is 7.88. The molecule has 0 fully saturated rings. The van der Waals surface area contributed by atoms with Crippen molar-refractivity contribution in [1.29, 1.82) is 0 Å². The molecule has 1 aromatic carbocycles. The summed E-state index contributed by atoms with van der Waals surface area (Å²) in [4.78, 5) is 11.4. The number of carbonyl (C=O) groups excluding carboxylic acids is 1. The monoisotopic (exact) mass is 276 g/mol. The van der Waals surface area contributed by atoms with Gasteiger partial charge in [-0.1, -0.05) is 27.5 Å². The first-order chi connectivity index (χ1) is 6.39. The van der Waals surface area contributed by atoms with Gasteiger partial charge in [-0.3, -0.25) is 4.79 Å². The first-order valence-electron chi connectivity index (χ1n) is 4.06. The third-order valence-corrected chi connectivity index (χ3v) is 2.09. The zero-order chi connectivity index (χ0) is 10.8. The van der Waals surface area contributed by atoms with E-state index in [0.717, 1.165) is 0 Å². The van der Waals surface area contributed by atoms with Crippen molar-refractivity contribution in [3.05, 3.63) is 29.3 Å². The Morgan fingerprint density at radius 3 is 2.29 bits per heavy atom. The third kappa shape index (κ3) is 3.31. The van der Waals surface area contributed by atoms with E-state index in [2.05, 4.69) is 15.9 Å². The maximum atomic E-state index is 11.4. The van der Waals surface area contributed by atoms with Crippen LogP contribution in [0.1, 0.15) is 13.8 Å². The molecule has 14 heavy (non-hydrogen) atoms. The molecule has 0 unspecified atom stereocenters. The van der Waals surface area contributed by atoms with Crippen LogP contribution < -0.4 is 4.74 Å². The van der Waals surface area contributed by atoms with E-state index >= 15 is 0 Å². The van der Waals surface area contributed by atoms with Gasteiger partial charge in [0, 0.05) is 5.02 Å². The van der Waals surface area contributed by atoms with Gasteiger partial charge in [0.2, 0.25) is 0 Å². The van der Waals surface area contributed by atoms with Crippen molar-refractivity contribution < 1.29 is 9.53 Å². The topological polar surface area (TPSA) is 26.3 Å². The molecule has 0 radical (unpaired) electrons. The molecule has 76 valence electrons. The van der Waals surface area contributed by atoms with E-state index in [4.69, 9.17) is 16.3 Å². The van der Waals surface area contributed by atoms with Crippen molar-refractivity contribution in [2.24, 2.45) is 0 Å². The first-order valence-corrected chi connectivity index (χ1v) is 5.23. The fraction of sp³-hybridized carbons (Fsp3) is 0.300. The summed E-state index contributed by atoms with van der Waals surface area (Å²) < 4.78 is 4.42. The minimum Gasteiger partial charge on any atom is -0.426 e. The van der Waals surface area contributed by atoms with Crippen LogP contribution in [0.2, 0.25) is 5.02 Å². The van der Waals surface area contributed by atoms with Crippen molar-refractivity contribution in [2.45, 2.75) is 18.2 Å². The molecule has 0 amide bonds. The Kier molecular flexibility index (Phi) is 3.56. The molecule has 0 N–H and O–H groups in total. The molecule has 0 aliphatic carbocycles. The number of esters is 1. The first kappa shape index (κ1) is 11.5. The lowest BCUT2D eigenvalue weighted by Crippen LogP contribution is -2.29. The van der Waals surface area contributed by atoms with Crippen LogP contribution in [0, 0.1) is 0 Å². The smallest absolute Gasteiger partial charge is 0.327 e. The number of hydrogen-bond donors (Lipinski definition) is 0. The summed E-state index contributed by atoms with van der Waals surface area (Å²) in [5, 5.41) is 0.614.